The van der Waals surface area contributed by atoms with Gasteiger partial charge in [0.05, 0.1) is 0 Å². The van der Waals surface area contributed by atoms with Crippen molar-refractivity contribution in [3.05, 3.63) is 162 Å². The van der Waals surface area contributed by atoms with Crippen LogP contribution in [0.2, 0.25) is 0 Å². The second-order valence-corrected chi connectivity index (χ2v) is 13.9. The highest BCUT2D eigenvalue weighted by atomic mass is 32.1. The van der Waals surface area contributed by atoms with Crippen molar-refractivity contribution < 1.29 is 4.42 Å². The molecule has 3 heterocycles. The van der Waals surface area contributed by atoms with Crippen LogP contribution in [0.1, 0.15) is 29.6 Å². The summed E-state index contributed by atoms with van der Waals surface area (Å²) in [5, 5.41) is 5.97. The molecule has 1 aliphatic rings. The lowest BCUT2D eigenvalue weighted by molar-refractivity contribution is 0.517. The zero-order chi connectivity index (χ0) is 32.5. The summed E-state index contributed by atoms with van der Waals surface area (Å²) in [5.74, 6) is 3.08. The first-order valence-corrected chi connectivity index (χ1v) is 17.5. The van der Waals surface area contributed by atoms with Crippen molar-refractivity contribution >= 4 is 64.4 Å². The van der Waals surface area contributed by atoms with Crippen LogP contribution in [0.5, 0.6) is 0 Å². The van der Waals surface area contributed by atoms with Crippen LogP contribution in [0.15, 0.2) is 144 Å². The summed E-state index contributed by atoms with van der Waals surface area (Å²) in [6, 6.07) is 48.8. The molecule has 0 radical (unpaired) electrons. The molecular formula is C44H29N3OS. The van der Waals surface area contributed by atoms with Crippen molar-refractivity contribution in [2.75, 3.05) is 0 Å². The molecule has 0 amide bonds. The molecule has 5 heteroatoms. The third-order valence-corrected chi connectivity index (χ3v) is 11.0. The van der Waals surface area contributed by atoms with Crippen molar-refractivity contribution in [1.29, 1.82) is 0 Å². The molecule has 1 atom stereocenters. The van der Waals surface area contributed by atoms with Gasteiger partial charge < -0.3 is 4.42 Å². The molecule has 0 fully saturated rings. The maximum absolute atomic E-state index is 6.61. The van der Waals surface area contributed by atoms with Gasteiger partial charge in [0.2, 0.25) is 0 Å². The van der Waals surface area contributed by atoms with Gasteiger partial charge in [0.25, 0.3) is 0 Å². The van der Waals surface area contributed by atoms with Gasteiger partial charge in [-0.1, -0.05) is 128 Å². The molecule has 4 nitrogen and oxygen atoms in total. The van der Waals surface area contributed by atoms with Gasteiger partial charge in [0, 0.05) is 54.2 Å². The van der Waals surface area contributed by atoms with Gasteiger partial charge in [0.1, 0.15) is 11.3 Å². The summed E-state index contributed by atoms with van der Waals surface area (Å²) in [5.41, 5.74) is 7.35. The fourth-order valence-electron chi connectivity index (χ4n) is 7.53. The van der Waals surface area contributed by atoms with E-state index < -0.39 is 0 Å². The van der Waals surface area contributed by atoms with Crippen molar-refractivity contribution in [3.63, 3.8) is 0 Å². The predicted octanol–water partition coefficient (Wildman–Crippen LogP) is 11.6. The van der Waals surface area contributed by atoms with Gasteiger partial charge >= 0.3 is 0 Å². The molecule has 0 saturated carbocycles. The Morgan fingerprint density at radius 2 is 1.29 bits per heavy atom. The van der Waals surface area contributed by atoms with Gasteiger partial charge in [-0.05, 0) is 46.0 Å². The molecule has 0 bridgehead atoms. The number of hydrogen-bond acceptors (Lipinski definition) is 5. The predicted molar refractivity (Wildman–Crippen MR) is 203 cm³/mol. The van der Waals surface area contributed by atoms with Crippen molar-refractivity contribution in [2.45, 2.75) is 13.3 Å². The number of thiophene rings is 1. The quantitative estimate of drug-likeness (QED) is 0.191. The Morgan fingerprint density at radius 1 is 0.592 bits per heavy atom. The highest BCUT2D eigenvalue weighted by Crippen LogP contribution is 2.50. The number of benzene rings is 6. The van der Waals surface area contributed by atoms with Gasteiger partial charge in [0.15, 0.2) is 17.5 Å². The number of hydrogen-bond donors (Lipinski definition) is 0. The molecule has 1 aliphatic carbocycles. The molecule has 6 aromatic carbocycles. The summed E-state index contributed by atoms with van der Waals surface area (Å²) >= 11 is 1.86. The molecule has 49 heavy (non-hydrogen) atoms. The van der Waals surface area contributed by atoms with E-state index in [0.29, 0.717) is 17.5 Å². The minimum atomic E-state index is 0.153. The van der Waals surface area contributed by atoms with Crippen LogP contribution in [0.3, 0.4) is 0 Å². The number of para-hydroxylation sites is 1. The average Bonchev–Trinajstić information content (AvgIpc) is 3.72. The molecule has 9 aromatic rings. The number of aromatic nitrogens is 3. The zero-order valence-electron chi connectivity index (χ0n) is 26.7. The zero-order valence-corrected chi connectivity index (χ0v) is 27.5. The van der Waals surface area contributed by atoms with Crippen LogP contribution in [-0.4, -0.2) is 15.0 Å². The van der Waals surface area contributed by atoms with E-state index in [1.54, 1.807) is 0 Å². The Bertz CT molecular complexity index is 2770. The standard InChI is InChI=1S/C44H29N3OS/c1-26-24-36-39(33-17-7-9-20-35(33)48-36)40(38(26)34-19-11-18-32-31-16-8-10-21-37(31)49-41(32)34)44-46-42(28-13-3-2-4-14-28)45-43(47-44)30-23-22-27-12-5-6-15-29(27)25-30/h2-23,25-26H,24H2,1H3/t26-/m0/s1. The van der Waals surface area contributed by atoms with E-state index in [-0.39, 0.29) is 5.92 Å². The van der Waals surface area contributed by atoms with Crippen LogP contribution in [-0.2, 0) is 6.42 Å². The SMILES string of the molecule is C[C@H]1Cc2oc3ccccc3c2C(c2nc(-c3ccccc3)nc(-c3ccc4ccccc4c3)n2)=C1c1cccc2c1sc1ccccc12. The van der Waals surface area contributed by atoms with Gasteiger partial charge in [-0.3, -0.25) is 0 Å². The van der Waals surface area contributed by atoms with Crippen molar-refractivity contribution in [1.82, 2.24) is 15.0 Å². The fourth-order valence-corrected chi connectivity index (χ4v) is 8.76. The fraction of sp³-hybridized carbons (Fsp3) is 0.0682. The first-order valence-electron chi connectivity index (χ1n) is 16.7. The third kappa shape index (κ3) is 4.54. The van der Waals surface area contributed by atoms with Crippen molar-refractivity contribution in [2.24, 2.45) is 5.92 Å². The Balaban J connectivity index is 1.32. The van der Waals surface area contributed by atoms with Crippen LogP contribution in [0, 0.1) is 5.92 Å². The van der Waals surface area contributed by atoms with E-state index >= 15 is 0 Å². The molecular weight excluding hydrogens is 619 g/mol. The molecule has 0 spiro atoms. The summed E-state index contributed by atoms with van der Waals surface area (Å²) in [4.78, 5) is 15.8. The van der Waals surface area contributed by atoms with E-state index in [1.165, 1.54) is 36.7 Å². The van der Waals surface area contributed by atoms with Crippen LogP contribution in [0.4, 0.5) is 0 Å². The first kappa shape index (κ1) is 28.1. The van der Waals surface area contributed by atoms with Crippen LogP contribution in [0.25, 0.3) is 75.8 Å². The van der Waals surface area contributed by atoms with Crippen LogP contribution >= 0.6 is 11.3 Å². The summed E-state index contributed by atoms with van der Waals surface area (Å²) in [6.45, 7) is 2.31. The third-order valence-electron chi connectivity index (χ3n) is 9.77. The van der Waals surface area contributed by atoms with E-state index in [2.05, 4.69) is 122 Å². The van der Waals surface area contributed by atoms with Gasteiger partial charge in [-0.25, -0.2) is 15.0 Å². The highest BCUT2D eigenvalue weighted by Gasteiger charge is 2.34. The van der Waals surface area contributed by atoms with Gasteiger partial charge in [-0.15, -0.1) is 11.3 Å². The lowest BCUT2D eigenvalue weighted by Gasteiger charge is -2.26. The smallest absolute Gasteiger partial charge is 0.165 e. The lowest BCUT2D eigenvalue weighted by Crippen LogP contribution is -2.15. The lowest BCUT2D eigenvalue weighted by atomic mass is 9.78. The molecule has 0 unspecified atom stereocenters. The normalized spacial score (nSPS) is 14.7. The Labute approximate surface area is 287 Å². The number of rotatable bonds is 4. The highest BCUT2D eigenvalue weighted by molar-refractivity contribution is 7.26. The summed E-state index contributed by atoms with van der Waals surface area (Å²) in [6.07, 6.45) is 0.790. The number of allylic oxidation sites excluding steroid dienone is 1. The van der Waals surface area contributed by atoms with E-state index in [9.17, 15) is 0 Å². The Morgan fingerprint density at radius 3 is 2.16 bits per heavy atom. The second-order valence-electron chi connectivity index (χ2n) is 12.8. The van der Waals surface area contributed by atoms with Crippen LogP contribution < -0.4 is 0 Å². The van der Waals surface area contributed by atoms with E-state index in [4.69, 9.17) is 19.4 Å². The molecule has 10 rings (SSSR count). The molecule has 0 saturated heterocycles. The second kappa shape index (κ2) is 11.1. The van der Waals surface area contributed by atoms with E-state index in [1.807, 2.05) is 35.6 Å². The monoisotopic (exact) mass is 647 g/mol. The number of nitrogens with zero attached hydrogens (tertiary/aromatic N) is 3. The number of fused-ring (bicyclic) bond motifs is 7. The Kier molecular flexibility index (Phi) is 6.36. The van der Waals surface area contributed by atoms with E-state index in [0.717, 1.165) is 50.8 Å². The molecule has 232 valence electrons. The average molecular weight is 648 g/mol. The maximum atomic E-state index is 6.61. The largest absolute Gasteiger partial charge is 0.460 e. The topological polar surface area (TPSA) is 51.8 Å². The minimum absolute atomic E-state index is 0.153. The summed E-state index contributed by atoms with van der Waals surface area (Å²) < 4.78 is 9.18. The maximum Gasteiger partial charge on any atom is 0.165 e. The minimum Gasteiger partial charge on any atom is -0.460 e. The molecule has 0 N–H and O–H groups in total. The first-order chi connectivity index (χ1) is 24.2. The Hall–Kier alpha value is -5.91. The molecule has 0 aliphatic heterocycles. The van der Waals surface area contributed by atoms with Gasteiger partial charge in [-0.2, -0.15) is 0 Å². The molecule has 3 aromatic heterocycles. The van der Waals surface area contributed by atoms with Crippen molar-refractivity contribution in [3.8, 4) is 22.8 Å². The summed E-state index contributed by atoms with van der Waals surface area (Å²) in [7, 11) is 0. The number of furan rings is 1.